The van der Waals surface area contributed by atoms with E-state index in [2.05, 4.69) is 10.5 Å². The molecule has 9 heteroatoms. The zero-order valence-corrected chi connectivity index (χ0v) is 19.0. The van der Waals surface area contributed by atoms with Gasteiger partial charge in [0.2, 0.25) is 0 Å². The minimum absolute atomic E-state index is 0.218. The highest BCUT2D eigenvalue weighted by atomic mass is 35.5. The maximum Gasteiger partial charge on any atom is 0.343 e. The van der Waals surface area contributed by atoms with Crippen LogP contribution in [0.25, 0.3) is 0 Å². The summed E-state index contributed by atoms with van der Waals surface area (Å²) >= 11 is 17.7. The van der Waals surface area contributed by atoms with Crippen molar-refractivity contribution in [3.63, 3.8) is 0 Å². The van der Waals surface area contributed by atoms with E-state index in [1.165, 1.54) is 18.3 Å². The zero-order chi connectivity index (χ0) is 23.1. The van der Waals surface area contributed by atoms with E-state index in [1.807, 2.05) is 6.92 Å². The van der Waals surface area contributed by atoms with Crippen LogP contribution >= 0.6 is 34.8 Å². The van der Waals surface area contributed by atoms with Crippen molar-refractivity contribution in [2.24, 2.45) is 5.10 Å². The molecule has 0 aliphatic rings. The lowest BCUT2D eigenvalue weighted by Crippen LogP contribution is -2.18. The number of halogens is 3. The highest BCUT2D eigenvalue weighted by Crippen LogP contribution is 2.29. The fraction of sp³-hybridized carbons (Fsp3) is 0.0870. The number of carbonyl (C=O) groups excluding carboxylic acids is 2. The maximum absolute atomic E-state index is 12.4. The van der Waals surface area contributed by atoms with Crippen LogP contribution in [0.15, 0.2) is 65.8 Å². The Kier molecular flexibility index (Phi) is 8.11. The molecule has 0 aromatic heterocycles. The van der Waals surface area contributed by atoms with Gasteiger partial charge in [-0.1, -0.05) is 34.8 Å². The number of hydrogen-bond donors (Lipinski definition) is 1. The van der Waals surface area contributed by atoms with Gasteiger partial charge in [-0.3, -0.25) is 4.79 Å². The van der Waals surface area contributed by atoms with E-state index < -0.39 is 11.9 Å². The third kappa shape index (κ3) is 6.23. The molecule has 0 aliphatic heterocycles. The number of nitrogens with one attached hydrogen (secondary N) is 1. The molecule has 0 unspecified atom stereocenters. The van der Waals surface area contributed by atoms with Gasteiger partial charge in [0, 0.05) is 10.0 Å². The smallest absolute Gasteiger partial charge is 0.343 e. The minimum Gasteiger partial charge on any atom is -0.490 e. The van der Waals surface area contributed by atoms with Crippen LogP contribution in [-0.2, 0) is 0 Å². The summed E-state index contributed by atoms with van der Waals surface area (Å²) in [5.41, 5.74) is 3.61. The Morgan fingerprint density at radius 2 is 1.66 bits per heavy atom. The third-order valence-electron chi connectivity index (χ3n) is 4.11. The topological polar surface area (TPSA) is 77.0 Å². The largest absolute Gasteiger partial charge is 0.490 e. The maximum atomic E-state index is 12.4. The highest BCUT2D eigenvalue weighted by molar-refractivity contribution is 6.36. The van der Waals surface area contributed by atoms with Crippen molar-refractivity contribution >= 4 is 52.9 Å². The summed E-state index contributed by atoms with van der Waals surface area (Å²) in [6.07, 6.45) is 1.43. The fourth-order valence-corrected chi connectivity index (χ4v) is 3.22. The second-order valence-electron chi connectivity index (χ2n) is 6.36. The molecular weight excluding hydrogens is 475 g/mol. The molecule has 0 bridgehead atoms. The van der Waals surface area contributed by atoms with Gasteiger partial charge in [0.05, 0.1) is 29.0 Å². The van der Waals surface area contributed by atoms with E-state index in [0.717, 1.165) is 0 Å². The number of benzene rings is 3. The quantitative estimate of drug-likeness (QED) is 0.189. The lowest BCUT2D eigenvalue weighted by Gasteiger charge is -2.11. The van der Waals surface area contributed by atoms with Crippen molar-refractivity contribution in [2.45, 2.75) is 6.92 Å². The average molecular weight is 492 g/mol. The van der Waals surface area contributed by atoms with Crippen LogP contribution in [0.4, 0.5) is 0 Å². The minimum atomic E-state index is -0.545. The van der Waals surface area contributed by atoms with Crippen molar-refractivity contribution < 1.29 is 19.1 Å². The molecule has 0 saturated carbocycles. The fourth-order valence-electron chi connectivity index (χ4n) is 2.60. The summed E-state index contributed by atoms with van der Waals surface area (Å²) in [5.74, 6) is -0.427. The number of nitrogens with zero attached hydrogens (tertiary/aromatic N) is 1. The van der Waals surface area contributed by atoms with Gasteiger partial charge in [0.1, 0.15) is 0 Å². The van der Waals surface area contributed by atoms with Gasteiger partial charge in [-0.25, -0.2) is 10.2 Å². The molecular formula is C23H17Cl3N2O4. The van der Waals surface area contributed by atoms with E-state index in [-0.39, 0.29) is 16.3 Å². The normalized spacial score (nSPS) is 10.8. The van der Waals surface area contributed by atoms with Gasteiger partial charge in [-0.05, 0) is 73.2 Å². The van der Waals surface area contributed by atoms with E-state index in [0.29, 0.717) is 33.5 Å². The predicted octanol–water partition coefficient (Wildman–Crippen LogP) is 6.03. The average Bonchev–Trinajstić information content (AvgIpc) is 2.76. The molecule has 32 heavy (non-hydrogen) atoms. The third-order valence-corrected chi connectivity index (χ3v) is 4.91. The first-order valence-electron chi connectivity index (χ1n) is 9.40. The first-order chi connectivity index (χ1) is 15.4. The molecule has 1 amide bonds. The highest BCUT2D eigenvalue weighted by Gasteiger charge is 2.14. The SMILES string of the molecule is CCOc1cc(/C=N\NC(=O)c2ccc(Cl)cc2Cl)ccc1OC(=O)c1ccc(Cl)cc1. The summed E-state index contributed by atoms with van der Waals surface area (Å²) < 4.78 is 11.0. The van der Waals surface area contributed by atoms with E-state index in [9.17, 15) is 9.59 Å². The predicted molar refractivity (Wildman–Crippen MR) is 126 cm³/mol. The number of esters is 1. The van der Waals surface area contributed by atoms with Gasteiger partial charge in [0.15, 0.2) is 11.5 Å². The van der Waals surface area contributed by atoms with Crippen molar-refractivity contribution in [3.05, 3.63) is 92.4 Å². The van der Waals surface area contributed by atoms with Crippen LogP contribution in [0.1, 0.15) is 33.2 Å². The van der Waals surface area contributed by atoms with Crippen molar-refractivity contribution in [1.82, 2.24) is 5.43 Å². The van der Waals surface area contributed by atoms with E-state index >= 15 is 0 Å². The Balaban J connectivity index is 1.71. The first kappa shape index (κ1) is 23.6. The van der Waals surface area contributed by atoms with Crippen molar-refractivity contribution in [1.29, 1.82) is 0 Å². The van der Waals surface area contributed by atoms with Crippen LogP contribution in [0.5, 0.6) is 11.5 Å². The van der Waals surface area contributed by atoms with Crippen molar-refractivity contribution in [2.75, 3.05) is 6.61 Å². The summed E-state index contributed by atoms with van der Waals surface area (Å²) in [6, 6.07) is 15.8. The molecule has 0 atom stereocenters. The van der Waals surface area contributed by atoms with Gasteiger partial charge in [-0.15, -0.1) is 0 Å². The molecule has 0 heterocycles. The zero-order valence-electron chi connectivity index (χ0n) is 16.8. The first-order valence-corrected chi connectivity index (χ1v) is 10.5. The van der Waals surface area contributed by atoms with Gasteiger partial charge in [-0.2, -0.15) is 5.10 Å². The molecule has 0 saturated heterocycles. The van der Waals surface area contributed by atoms with Crippen molar-refractivity contribution in [3.8, 4) is 11.5 Å². The van der Waals surface area contributed by atoms with Crippen LogP contribution in [0, 0.1) is 0 Å². The number of ether oxygens (including phenoxy) is 2. The Hall–Kier alpha value is -3.06. The number of rotatable bonds is 7. The van der Waals surface area contributed by atoms with Crippen LogP contribution < -0.4 is 14.9 Å². The second kappa shape index (κ2) is 11.0. The summed E-state index contributed by atoms with van der Waals surface area (Å²) in [5, 5.41) is 5.10. The molecule has 0 spiro atoms. The Morgan fingerprint density at radius 3 is 2.34 bits per heavy atom. The monoisotopic (exact) mass is 490 g/mol. The molecule has 1 N–H and O–H groups in total. The van der Waals surface area contributed by atoms with Crippen LogP contribution in [0.2, 0.25) is 15.1 Å². The van der Waals surface area contributed by atoms with Gasteiger partial charge < -0.3 is 9.47 Å². The van der Waals surface area contributed by atoms with E-state index in [1.54, 1.807) is 48.5 Å². The molecule has 3 aromatic rings. The number of amides is 1. The molecule has 3 rings (SSSR count). The summed E-state index contributed by atoms with van der Waals surface area (Å²) in [4.78, 5) is 24.6. The number of hydrogen-bond acceptors (Lipinski definition) is 5. The second-order valence-corrected chi connectivity index (χ2v) is 7.64. The van der Waals surface area contributed by atoms with Gasteiger partial charge in [0.25, 0.3) is 5.91 Å². The molecule has 6 nitrogen and oxygen atoms in total. The Bertz CT molecular complexity index is 1160. The molecule has 164 valence electrons. The number of carbonyl (C=O) groups is 2. The molecule has 3 aromatic carbocycles. The lowest BCUT2D eigenvalue weighted by molar-refractivity contribution is 0.0728. The lowest BCUT2D eigenvalue weighted by atomic mass is 10.2. The Labute approximate surface area is 199 Å². The van der Waals surface area contributed by atoms with Gasteiger partial charge >= 0.3 is 5.97 Å². The van der Waals surface area contributed by atoms with Crippen LogP contribution in [0.3, 0.4) is 0 Å². The molecule has 0 radical (unpaired) electrons. The molecule has 0 aliphatic carbocycles. The van der Waals surface area contributed by atoms with Crippen LogP contribution in [-0.4, -0.2) is 24.7 Å². The molecule has 0 fully saturated rings. The summed E-state index contributed by atoms with van der Waals surface area (Å²) in [7, 11) is 0. The standard InChI is InChI=1S/C23H17Cl3N2O4/c1-2-31-21-11-14(13-27-28-22(29)18-9-8-17(25)12-19(18)26)3-10-20(21)32-23(30)15-4-6-16(24)7-5-15/h3-13H,2H2,1H3,(H,28,29)/b27-13-. The van der Waals surface area contributed by atoms with E-state index in [4.69, 9.17) is 44.3 Å². The summed E-state index contributed by atoms with van der Waals surface area (Å²) in [6.45, 7) is 2.17. The number of hydrazone groups is 1. The Morgan fingerprint density at radius 1 is 0.938 bits per heavy atom.